The number of benzene rings is 1. The van der Waals surface area contributed by atoms with E-state index in [2.05, 4.69) is 21.2 Å². The predicted octanol–water partition coefficient (Wildman–Crippen LogP) is 2.95. The van der Waals surface area contributed by atoms with Gasteiger partial charge in [0, 0.05) is 11.0 Å². The minimum Gasteiger partial charge on any atom is -0.305 e. The van der Waals surface area contributed by atoms with Gasteiger partial charge >= 0.3 is 6.03 Å². The Morgan fingerprint density at radius 1 is 1.25 bits per heavy atom. The number of rotatable bonds is 2. The van der Waals surface area contributed by atoms with Crippen LogP contribution in [0.4, 0.5) is 9.18 Å². The highest BCUT2D eigenvalue weighted by atomic mass is 79.9. The molecule has 20 heavy (non-hydrogen) atoms. The van der Waals surface area contributed by atoms with E-state index in [9.17, 15) is 14.0 Å². The van der Waals surface area contributed by atoms with Gasteiger partial charge < -0.3 is 4.90 Å². The highest BCUT2D eigenvalue weighted by molar-refractivity contribution is 9.10. The van der Waals surface area contributed by atoms with Crippen LogP contribution in [0.15, 0.2) is 22.7 Å². The van der Waals surface area contributed by atoms with Gasteiger partial charge in [0.05, 0.1) is 0 Å². The first kappa shape index (κ1) is 13.5. The second-order valence-electron chi connectivity index (χ2n) is 5.36. The third-order valence-corrected chi connectivity index (χ3v) is 4.56. The average Bonchev–Trinajstić information content (AvgIpc) is 2.91. The molecule has 106 valence electrons. The van der Waals surface area contributed by atoms with Crippen molar-refractivity contribution in [3.8, 4) is 0 Å². The molecular weight excluding hydrogens is 327 g/mol. The highest BCUT2D eigenvalue weighted by Gasteiger charge is 2.53. The normalized spacial score (nSPS) is 20.8. The number of carbonyl (C=O) groups excluding carboxylic acids is 2. The van der Waals surface area contributed by atoms with Crippen molar-refractivity contribution in [3.05, 3.63) is 34.1 Å². The summed E-state index contributed by atoms with van der Waals surface area (Å²) in [5, 5.41) is 2.39. The summed E-state index contributed by atoms with van der Waals surface area (Å²) in [6.07, 6.45) is 3.23. The maximum absolute atomic E-state index is 13.4. The van der Waals surface area contributed by atoms with Crippen LogP contribution in [0, 0.1) is 5.82 Å². The van der Waals surface area contributed by atoms with Gasteiger partial charge in [0.2, 0.25) is 0 Å². The third-order valence-electron chi connectivity index (χ3n) is 4.10. The van der Waals surface area contributed by atoms with E-state index < -0.39 is 5.54 Å². The molecule has 0 unspecified atom stereocenters. The van der Waals surface area contributed by atoms with Crippen molar-refractivity contribution in [3.63, 3.8) is 0 Å². The van der Waals surface area contributed by atoms with Gasteiger partial charge in [0.1, 0.15) is 11.4 Å². The van der Waals surface area contributed by atoms with E-state index >= 15 is 0 Å². The monoisotopic (exact) mass is 340 g/mol. The van der Waals surface area contributed by atoms with Gasteiger partial charge in [-0.2, -0.15) is 0 Å². The van der Waals surface area contributed by atoms with Crippen LogP contribution < -0.4 is 5.32 Å². The van der Waals surface area contributed by atoms with Crippen molar-refractivity contribution >= 4 is 27.9 Å². The van der Waals surface area contributed by atoms with Gasteiger partial charge in [-0.1, -0.05) is 28.8 Å². The van der Waals surface area contributed by atoms with Gasteiger partial charge in [-0.05, 0) is 36.6 Å². The number of nitrogens with one attached hydrogen (secondary N) is 1. The van der Waals surface area contributed by atoms with Crippen LogP contribution in [0.3, 0.4) is 0 Å². The van der Waals surface area contributed by atoms with Crippen LogP contribution in [0.25, 0.3) is 0 Å². The number of hydrogen-bond donors (Lipinski definition) is 1. The Hall–Kier alpha value is -1.43. The standard InChI is InChI=1S/C14H14BrFN2O2/c15-10-5-9(6-11(16)7-10)8-18-13(20)17-12(19)14(18)3-1-2-4-14/h5-7H,1-4,8H2,(H,17,19,20). The lowest BCUT2D eigenvalue weighted by Gasteiger charge is -2.31. The van der Waals surface area contributed by atoms with Crippen LogP contribution in [-0.2, 0) is 11.3 Å². The van der Waals surface area contributed by atoms with Crippen LogP contribution in [0.5, 0.6) is 0 Å². The van der Waals surface area contributed by atoms with E-state index in [4.69, 9.17) is 0 Å². The number of carbonyl (C=O) groups is 2. The molecule has 0 aromatic heterocycles. The van der Waals surface area contributed by atoms with Crippen molar-refractivity contribution in [2.75, 3.05) is 0 Å². The summed E-state index contributed by atoms with van der Waals surface area (Å²) < 4.78 is 14.1. The Labute approximate surface area is 124 Å². The first-order valence-electron chi connectivity index (χ1n) is 6.59. The van der Waals surface area contributed by atoms with Crippen molar-refractivity contribution in [1.29, 1.82) is 0 Å². The number of nitrogens with zero attached hydrogens (tertiary/aromatic N) is 1. The molecule has 2 fully saturated rings. The Morgan fingerprint density at radius 2 is 1.95 bits per heavy atom. The van der Waals surface area contributed by atoms with Crippen LogP contribution in [0.1, 0.15) is 31.2 Å². The molecule has 1 aliphatic heterocycles. The Balaban J connectivity index is 1.91. The first-order chi connectivity index (χ1) is 9.51. The summed E-state index contributed by atoms with van der Waals surface area (Å²) in [6, 6.07) is 4.15. The lowest BCUT2D eigenvalue weighted by atomic mass is 9.95. The van der Waals surface area contributed by atoms with Gasteiger partial charge in [0.25, 0.3) is 5.91 Å². The number of hydrogen-bond acceptors (Lipinski definition) is 2. The van der Waals surface area contributed by atoms with Crippen molar-refractivity contribution in [1.82, 2.24) is 10.2 Å². The molecule has 1 heterocycles. The van der Waals surface area contributed by atoms with E-state index in [-0.39, 0.29) is 24.3 Å². The topological polar surface area (TPSA) is 49.4 Å². The molecule has 0 atom stereocenters. The number of amides is 3. The minimum atomic E-state index is -0.726. The summed E-state index contributed by atoms with van der Waals surface area (Å²) in [7, 11) is 0. The Bertz CT molecular complexity index is 564. The first-order valence-corrected chi connectivity index (χ1v) is 7.39. The second kappa shape index (κ2) is 4.84. The van der Waals surface area contributed by atoms with Gasteiger partial charge in [-0.15, -0.1) is 0 Å². The summed E-state index contributed by atoms with van der Waals surface area (Å²) in [5.41, 5.74) is -0.0522. The van der Waals surface area contributed by atoms with Crippen molar-refractivity contribution in [2.24, 2.45) is 0 Å². The molecule has 1 N–H and O–H groups in total. The number of urea groups is 1. The van der Waals surface area contributed by atoms with E-state index in [1.165, 1.54) is 12.1 Å². The molecule has 1 saturated carbocycles. The summed E-state index contributed by atoms with van der Waals surface area (Å²) in [5.74, 6) is -0.573. The molecular formula is C14H14BrFN2O2. The fourth-order valence-electron chi connectivity index (χ4n) is 3.16. The zero-order valence-corrected chi connectivity index (χ0v) is 12.4. The maximum Gasteiger partial charge on any atom is 0.325 e. The molecule has 3 rings (SSSR count). The van der Waals surface area contributed by atoms with Crippen molar-refractivity contribution in [2.45, 2.75) is 37.8 Å². The van der Waals surface area contributed by atoms with E-state index in [0.29, 0.717) is 22.9 Å². The largest absolute Gasteiger partial charge is 0.325 e. The van der Waals surface area contributed by atoms with Gasteiger partial charge in [-0.3, -0.25) is 10.1 Å². The molecule has 1 aliphatic carbocycles. The highest BCUT2D eigenvalue weighted by Crippen LogP contribution is 2.39. The maximum atomic E-state index is 13.4. The van der Waals surface area contributed by atoms with E-state index in [0.717, 1.165) is 12.8 Å². The third kappa shape index (κ3) is 2.12. The molecule has 3 amide bonds. The molecule has 1 spiro atoms. The van der Waals surface area contributed by atoms with Crippen molar-refractivity contribution < 1.29 is 14.0 Å². The quantitative estimate of drug-likeness (QED) is 0.841. The molecule has 6 heteroatoms. The average molecular weight is 341 g/mol. The summed E-state index contributed by atoms with van der Waals surface area (Å²) in [4.78, 5) is 25.7. The Morgan fingerprint density at radius 3 is 2.60 bits per heavy atom. The zero-order chi connectivity index (χ0) is 14.3. The Kier molecular flexibility index (Phi) is 3.28. The fraction of sp³-hybridized carbons (Fsp3) is 0.429. The number of halogens is 2. The number of imide groups is 1. The smallest absolute Gasteiger partial charge is 0.305 e. The molecule has 1 aromatic carbocycles. The molecule has 1 saturated heterocycles. The molecule has 0 radical (unpaired) electrons. The molecule has 1 aromatic rings. The SMILES string of the molecule is O=C1NC(=O)C2(CCCC2)N1Cc1cc(F)cc(Br)c1. The van der Waals surface area contributed by atoms with E-state index in [1.807, 2.05) is 0 Å². The molecule has 4 nitrogen and oxygen atoms in total. The summed E-state index contributed by atoms with van der Waals surface area (Å²) in [6.45, 7) is 0.244. The van der Waals surface area contributed by atoms with E-state index in [1.54, 1.807) is 11.0 Å². The lowest BCUT2D eigenvalue weighted by Crippen LogP contribution is -2.46. The fourth-order valence-corrected chi connectivity index (χ4v) is 3.68. The minimum absolute atomic E-state index is 0.213. The molecule has 0 bridgehead atoms. The zero-order valence-electron chi connectivity index (χ0n) is 10.8. The van der Waals surface area contributed by atoms with Crippen LogP contribution in [0.2, 0.25) is 0 Å². The van der Waals surface area contributed by atoms with Crippen LogP contribution in [-0.4, -0.2) is 22.4 Å². The van der Waals surface area contributed by atoms with Gasteiger partial charge in [0.15, 0.2) is 0 Å². The van der Waals surface area contributed by atoms with Crippen LogP contribution >= 0.6 is 15.9 Å². The molecule has 2 aliphatic rings. The lowest BCUT2D eigenvalue weighted by molar-refractivity contribution is -0.126. The predicted molar refractivity (Wildman–Crippen MR) is 74.4 cm³/mol. The summed E-state index contributed by atoms with van der Waals surface area (Å²) >= 11 is 3.24. The second-order valence-corrected chi connectivity index (χ2v) is 6.28. The van der Waals surface area contributed by atoms with Gasteiger partial charge in [-0.25, -0.2) is 9.18 Å².